The lowest BCUT2D eigenvalue weighted by atomic mass is 10.3. The zero-order valence-electron chi connectivity index (χ0n) is 9.40. The Hall–Kier alpha value is -0.940. The molecular weight excluding hydrogens is 298 g/mol. The molecule has 0 unspecified atom stereocenters. The average molecular weight is 310 g/mol. The minimum atomic E-state index is 0.710. The Labute approximate surface area is 112 Å². The fraction of sp³-hybridized carbons (Fsp3) is 0.333. The van der Waals surface area contributed by atoms with Crippen LogP contribution in [-0.2, 0) is 0 Å². The number of hydrogen-bond donors (Lipinski definition) is 1. The van der Waals surface area contributed by atoms with E-state index in [0.29, 0.717) is 5.92 Å². The molecule has 1 aliphatic rings. The molecule has 1 N–H and O–H groups in total. The van der Waals surface area contributed by atoms with Crippen molar-refractivity contribution in [2.75, 3.05) is 5.32 Å². The highest BCUT2D eigenvalue weighted by Crippen LogP contribution is 2.41. The fourth-order valence-corrected chi connectivity index (χ4v) is 2.64. The third kappa shape index (κ3) is 2.50. The second kappa shape index (κ2) is 4.38. The summed E-state index contributed by atoms with van der Waals surface area (Å²) in [5, 5.41) is 6.33. The molecule has 1 saturated carbocycles. The maximum Gasteiger partial charge on any atom is 0.188 e. The van der Waals surface area contributed by atoms with Crippen LogP contribution in [0.25, 0.3) is 0 Å². The van der Waals surface area contributed by atoms with Crippen molar-refractivity contribution in [2.24, 2.45) is 0 Å². The molecule has 2 heterocycles. The van der Waals surface area contributed by atoms with Crippen LogP contribution in [0.5, 0.6) is 0 Å². The number of nitrogens with zero attached hydrogens (tertiary/aromatic N) is 2. The first kappa shape index (κ1) is 11.2. The topological polar surface area (TPSA) is 37.8 Å². The zero-order chi connectivity index (χ0) is 11.8. The van der Waals surface area contributed by atoms with Gasteiger partial charge in [-0.25, -0.2) is 9.97 Å². The van der Waals surface area contributed by atoms with Crippen LogP contribution in [0, 0.1) is 6.92 Å². The lowest BCUT2D eigenvalue weighted by Crippen LogP contribution is -1.94. The van der Waals surface area contributed by atoms with E-state index in [4.69, 9.17) is 0 Å². The highest BCUT2D eigenvalue weighted by Gasteiger charge is 2.26. The van der Waals surface area contributed by atoms with E-state index in [-0.39, 0.29) is 0 Å². The van der Waals surface area contributed by atoms with Crippen LogP contribution >= 0.6 is 27.3 Å². The van der Waals surface area contributed by atoms with Crippen molar-refractivity contribution in [1.29, 1.82) is 0 Å². The molecule has 0 aliphatic heterocycles. The molecule has 3 nitrogen and oxygen atoms in total. The second-order valence-corrected chi connectivity index (χ2v) is 6.01. The molecule has 0 amide bonds. The Kier molecular flexibility index (Phi) is 2.88. The molecule has 1 aliphatic carbocycles. The summed E-state index contributed by atoms with van der Waals surface area (Å²) in [7, 11) is 0. The molecule has 0 bridgehead atoms. The predicted molar refractivity (Wildman–Crippen MR) is 74.0 cm³/mol. The first-order chi connectivity index (χ1) is 8.22. The Balaban J connectivity index is 1.78. The van der Waals surface area contributed by atoms with Gasteiger partial charge >= 0.3 is 0 Å². The molecule has 17 heavy (non-hydrogen) atoms. The number of aryl methyl sites for hydroxylation is 1. The van der Waals surface area contributed by atoms with E-state index < -0.39 is 0 Å². The minimum absolute atomic E-state index is 0.710. The van der Waals surface area contributed by atoms with E-state index in [0.717, 1.165) is 15.4 Å². The summed E-state index contributed by atoms with van der Waals surface area (Å²) < 4.78 is 1.03. The Morgan fingerprint density at radius 3 is 3.00 bits per heavy atom. The van der Waals surface area contributed by atoms with Crippen LogP contribution < -0.4 is 5.32 Å². The SMILES string of the molecule is Cc1cc(Nc2nc(C3CC3)cs2)ncc1Br. The summed E-state index contributed by atoms with van der Waals surface area (Å²) in [5.74, 6) is 1.56. The summed E-state index contributed by atoms with van der Waals surface area (Å²) in [6, 6.07) is 2.02. The van der Waals surface area contributed by atoms with E-state index in [1.54, 1.807) is 11.3 Å². The van der Waals surface area contributed by atoms with Gasteiger partial charge in [0.25, 0.3) is 0 Å². The summed E-state index contributed by atoms with van der Waals surface area (Å²) >= 11 is 5.09. The normalized spacial score (nSPS) is 14.9. The van der Waals surface area contributed by atoms with Gasteiger partial charge in [0.1, 0.15) is 5.82 Å². The number of rotatable bonds is 3. The van der Waals surface area contributed by atoms with Crippen LogP contribution in [0.1, 0.15) is 30.0 Å². The molecular formula is C12H12BrN3S. The van der Waals surface area contributed by atoms with Crippen LogP contribution in [0.4, 0.5) is 10.9 Å². The molecule has 0 radical (unpaired) electrons. The zero-order valence-corrected chi connectivity index (χ0v) is 11.8. The number of hydrogen-bond acceptors (Lipinski definition) is 4. The van der Waals surface area contributed by atoms with E-state index in [9.17, 15) is 0 Å². The smallest absolute Gasteiger partial charge is 0.188 e. The standard InChI is InChI=1S/C12H12BrN3S/c1-7-4-11(14-5-9(7)13)16-12-15-10(6-17-12)8-2-3-8/h4-6,8H,2-3H2,1H3,(H,14,15,16). The van der Waals surface area contributed by atoms with Gasteiger partial charge in [0.05, 0.1) is 5.69 Å². The fourth-order valence-electron chi connectivity index (χ4n) is 1.63. The number of pyridine rings is 1. The van der Waals surface area contributed by atoms with Gasteiger partial charge < -0.3 is 5.32 Å². The van der Waals surface area contributed by atoms with Crippen molar-refractivity contribution in [1.82, 2.24) is 9.97 Å². The Morgan fingerprint density at radius 1 is 1.47 bits per heavy atom. The monoisotopic (exact) mass is 309 g/mol. The molecule has 0 saturated heterocycles. The van der Waals surface area contributed by atoms with Crippen molar-refractivity contribution >= 4 is 38.2 Å². The second-order valence-electron chi connectivity index (χ2n) is 4.30. The van der Waals surface area contributed by atoms with Gasteiger partial charge in [0.2, 0.25) is 0 Å². The summed E-state index contributed by atoms with van der Waals surface area (Å²) in [5.41, 5.74) is 2.40. The van der Waals surface area contributed by atoms with Crippen molar-refractivity contribution in [2.45, 2.75) is 25.7 Å². The number of nitrogens with one attached hydrogen (secondary N) is 1. The molecule has 88 valence electrons. The molecule has 0 atom stereocenters. The van der Waals surface area contributed by atoms with Crippen molar-refractivity contribution in [3.63, 3.8) is 0 Å². The molecule has 3 rings (SSSR count). The lowest BCUT2D eigenvalue weighted by Gasteiger charge is -2.03. The van der Waals surface area contributed by atoms with Crippen LogP contribution in [-0.4, -0.2) is 9.97 Å². The number of thiazole rings is 1. The van der Waals surface area contributed by atoms with Crippen molar-refractivity contribution < 1.29 is 0 Å². The van der Waals surface area contributed by atoms with Gasteiger partial charge in [-0.2, -0.15) is 0 Å². The predicted octanol–water partition coefficient (Wildman–Crippen LogP) is 4.23. The van der Waals surface area contributed by atoms with Crippen molar-refractivity contribution in [3.8, 4) is 0 Å². The van der Waals surface area contributed by atoms with Crippen LogP contribution in [0.3, 0.4) is 0 Å². The molecule has 5 heteroatoms. The number of aromatic nitrogens is 2. The minimum Gasteiger partial charge on any atom is -0.316 e. The van der Waals surface area contributed by atoms with Gasteiger partial charge in [0, 0.05) is 22.0 Å². The van der Waals surface area contributed by atoms with Gasteiger partial charge in [-0.05, 0) is 47.3 Å². The van der Waals surface area contributed by atoms with E-state index in [2.05, 4.69) is 43.5 Å². The summed E-state index contributed by atoms with van der Waals surface area (Å²) in [4.78, 5) is 8.89. The van der Waals surface area contributed by atoms with E-state index in [1.807, 2.05) is 12.3 Å². The van der Waals surface area contributed by atoms with E-state index in [1.165, 1.54) is 24.1 Å². The highest BCUT2D eigenvalue weighted by molar-refractivity contribution is 9.10. The van der Waals surface area contributed by atoms with Gasteiger partial charge in [-0.15, -0.1) is 11.3 Å². The Bertz CT molecular complexity index is 548. The number of halogens is 1. The van der Waals surface area contributed by atoms with E-state index >= 15 is 0 Å². The molecule has 0 aromatic carbocycles. The Morgan fingerprint density at radius 2 is 2.29 bits per heavy atom. The van der Waals surface area contributed by atoms with Gasteiger partial charge in [-0.3, -0.25) is 0 Å². The average Bonchev–Trinajstić information content (AvgIpc) is 3.06. The number of anilines is 2. The maximum atomic E-state index is 4.58. The quantitative estimate of drug-likeness (QED) is 0.922. The molecule has 0 spiro atoms. The summed E-state index contributed by atoms with van der Waals surface area (Å²) in [6.07, 6.45) is 4.39. The van der Waals surface area contributed by atoms with Gasteiger partial charge in [0.15, 0.2) is 5.13 Å². The largest absolute Gasteiger partial charge is 0.316 e. The first-order valence-corrected chi connectivity index (χ1v) is 7.24. The lowest BCUT2D eigenvalue weighted by molar-refractivity contribution is 1.05. The van der Waals surface area contributed by atoms with Crippen LogP contribution in [0.15, 0.2) is 22.1 Å². The van der Waals surface area contributed by atoms with Crippen LogP contribution in [0.2, 0.25) is 0 Å². The van der Waals surface area contributed by atoms with Crippen molar-refractivity contribution in [3.05, 3.63) is 33.4 Å². The highest BCUT2D eigenvalue weighted by atomic mass is 79.9. The summed E-state index contributed by atoms with van der Waals surface area (Å²) in [6.45, 7) is 2.05. The molecule has 2 aromatic rings. The maximum absolute atomic E-state index is 4.58. The molecule has 1 fully saturated rings. The third-order valence-corrected chi connectivity index (χ3v) is 4.41. The third-order valence-electron chi connectivity index (χ3n) is 2.80. The van der Waals surface area contributed by atoms with Gasteiger partial charge in [-0.1, -0.05) is 0 Å². The molecule has 2 aromatic heterocycles. The first-order valence-electron chi connectivity index (χ1n) is 5.57.